The van der Waals surface area contributed by atoms with Crippen LogP contribution < -0.4 is 4.74 Å². The number of amides is 1. The summed E-state index contributed by atoms with van der Waals surface area (Å²) in [6, 6.07) is 11.8. The highest BCUT2D eigenvalue weighted by molar-refractivity contribution is 5.96. The lowest BCUT2D eigenvalue weighted by Gasteiger charge is -2.17. The highest BCUT2D eigenvalue weighted by atomic mass is 16.6. The van der Waals surface area contributed by atoms with E-state index in [1.165, 1.54) is 24.1 Å². The summed E-state index contributed by atoms with van der Waals surface area (Å²) in [6.45, 7) is 1.81. The Hall–Kier alpha value is -3.42. The SMILES string of the molecule is COc1cc(C(=O)N2CC(C(=O)O)C(c3ccccc3)C2)cc([N+](=O)[O-])c1C. The van der Waals surface area contributed by atoms with Crippen LogP contribution in [0.4, 0.5) is 5.69 Å². The third-order valence-electron chi connectivity index (χ3n) is 5.15. The second-order valence-electron chi connectivity index (χ2n) is 6.75. The van der Waals surface area contributed by atoms with Crippen LogP contribution in [-0.4, -0.2) is 47.0 Å². The minimum Gasteiger partial charge on any atom is -0.496 e. The smallest absolute Gasteiger partial charge is 0.308 e. The summed E-state index contributed by atoms with van der Waals surface area (Å²) in [7, 11) is 1.38. The van der Waals surface area contributed by atoms with Crippen LogP contribution in [0.3, 0.4) is 0 Å². The minimum atomic E-state index is -0.975. The Bertz CT molecular complexity index is 928. The molecule has 1 heterocycles. The van der Waals surface area contributed by atoms with E-state index < -0.39 is 22.7 Å². The van der Waals surface area contributed by atoms with Gasteiger partial charge in [0.1, 0.15) is 5.75 Å². The van der Waals surface area contributed by atoms with E-state index in [-0.39, 0.29) is 36.0 Å². The summed E-state index contributed by atoms with van der Waals surface area (Å²) in [5, 5.41) is 20.9. The van der Waals surface area contributed by atoms with Gasteiger partial charge in [-0.25, -0.2) is 0 Å². The zero-order valence-corrected chi connectivity index (χ0v) is 15.5. The molecule has 1 aliphatic rings. The number of ether oxygens (including phenoxy) is 1. The van der Waals surface area contributed by atoms with Gasteiger partial charge in [-0.3, -0.25) is 19.7 Å². The first-order valence-corrected chi connectivity index (χ1v) is 8.73. The van der Waals surface area contributed by atoms with E-state index in [1.807, 2.05) is 30.3 Å². The monoisotopic (exact) mass is 384 g/mol. The van der Waals surface area contributed by atoms with E-state index in [2.05, 4.69) is 0 Å². The first-order chi connectivity index (χ1) is 13.3. The van der Waals surface area contributed by atoms with Crippen molar-refractivity contribution >= 4 is 17.6 Å². The molecule has 146 valence electrons. The molecule has 0 bridgehead atoms. The molecule has 28 heavy (non-hydrogen) atoms. The number of carbonyl (C=O) groups excluding carboxylic acids is 1. The molecule has 0 aromatic heterocycles. The molecule has 2 atom stereocenters. The first kappa shape index (κ1) is 19.3. The highest BCUT2D eigenvalue weighted by Gasteiger charge is 2.41. The van der Waals surface area contributed by atoms with E-state index in [9.17, 15) is 24.8 Å². The molecule has 1 amide bonds. The Morgan fingerprint density at radius 1 is 1.21 bits per heavy atom. The van der Waals surface area contributed by atoms with Crippen LogP contribution in [0.2, 0.25) is 0 Å². The largest absolute Gasteiger partial charge is 0.496 e. The van der Waals surface area contributed by atoms with Gasteiger partial charge in [-0.05, 0) is 18.6 Å². The molecule has 8 nitrogen and oxygen atoms in total. The molecule has 1 saturated heterocycles. The van der Waals surface area contributed by atoms with Gasteiger partial charge < -0.3 is 14.7 Å². The molecule has 0 saturated carbocycles. The van der Waals surface area contributed by atoms with Crippen LogP contribution in [0.15, 0.2) is 42.5 Å². The summed E-state index contributed by atoms with van der Waals surface area (Å²) in [4.78, 5) is 36.9. The molecule has 2 aromatic carbocycles. The number of carboxylic acid groups (broad SMARTS) is 1. The van der Waals surface area contributed by atoms with Crippen LogP contribution in [0.1, 0.15) is 27.4 Å². The maximum Gasteiger partial charge on any atom is 0.308 e. The quantitative estimate of drug-likeness (QED) is 0.627. The molecule has 2 aromatic rings. The Kier molecular flexibility index (Phi) is 5.30. The van der Waals surface area contributed by atoms with Gasteiger partial charge in [-0.15, -0.1) is 0 Å². The predicted octanol–water partition coefficient (Wildman–Crippen LogP) is 2.85. The lowest BCUT2D eigenvalue weighted by Crippen LogP contribution is -2.30. The third-order valence-corrected chi connectivity index (χ3v) is 5.15. The van der Waals surface area contributed by atoms with Crippen LogP contribution in [-0.2, 0) is 4.79 Å². The van der Waals surface area contributed by atoms with Crippen molar-refractivity contribution in [3.63, 3.8) is 0 Å². The Labute approximate surface area is 161 Å². The van der Waals surface area contributed by atoms with Gasteiger partial charge in [0, 0.05) is 25.1 Å². The van der Waals surface area contributed by atoms with Gasteiger partial charge in [0.2, 0.25) is 0 Å². The van der Waals surface area contributed by atoms with Crippen molar-refractivity contribution in [3.05, 3.63) is 69.3 Å². The van der Waals surface area contributed by atoms with E-state index >= 15 is 0 Å². The standard InChI is InChI=1S/C20H20N2O6/c1-12-17(22(26)27)8-14(9-18(12)28-2)19(23)21-10-15(16(11-21)20(24)25)13-6-4-3-5-7-13/h3-9,15-16H,10-11H2,1-2H3,(H,24,25). The van der Waals surface area contributed by atoms with E-state index in [0.29, 0.717) is 5.56 Å². The Morgan fingerprint density at radius 3 is 2.46 bits per heavy atom. The lowest BCUT2D eigenvalue weighted by atomic mass is 9.89. The second kappa shape index (κ2) is 7.67. The van der Waals surface area contributed by atoms with Crippen molar-refractivity contribution < 1.29 is 24.4 Å². The van der Waals surface area contributed by atoms with Crippen molar-refractivity contribution in [2.24, 2.45) is 5.92 Å². The van der Waals surface area contributed by atoms with Gasteiger partial charge >= 0.3 is 5.97 Å². The number of rotatable bonds is 5. The number of carboxylic acids is 1. The maximum atomic E-state index is 13.0. The fraction of sp³-hybridized carbons (Fsp3) is 0.300. The summed E-state index contributed by atoms with van der Waals surface area (Å²) in [5.74, 6) is -2.27. The van der Waals surface area contributed by atoms with Crippen molar-refractivity contribution in [2.75, 3.05) is 20.2 Å². The van der Waals surface area contributed by atoms with Gasteiger partial charge in [0.25, 0.3) is 11.6 Å². The molecule has 8 heteroatoms. The number of nitro groups is 1. The molecular formula is C20H20N2O6. The number of nitrogens with zero attached hydrogens (tertiary/aromatic N) is 2. The van der Waals surface area contributed by atoms with Crippen LogP contribution >= 0.6 is 0 Å². The first-order valence-electron chi connectivity index (χ1n) is 8.73. The van der Waals surface area contributed by atoms with Crippen molar-refractivity contribution in [1.29, 1.82) is 0 Å². The molecule has 1 aliphatic heterocycles. The summed E-state index contributed by atoms with van der Waals surface area (Å²) >= 11 is 0. The number of methoxy groups -OCH3 is 1. The van der Waals surface area contributed by atoms with Crippen molar-refractivity contribution in [2.45, 2.75) is 12.8 Å². The number of benzene rings is 2. The van der Waals surface area contributed by atoms with Gasteiger partial charge in [0.05, 0.1) is 29.1 Å². The summed E-state index contributed by atoms with van der Waals surface area (Å²) in [5.41, 5.74) is 1.07. The normalized spacial score (nSPS) is 18.7. The van der Waals surface area contributed by atoms with Gasteiger partial charge in [-0.1, -0.05) is 30.3 Å². The molecule has 0 radical (unpaired) electrons. The van der Waals surface area contributed by atoms with E-state index in [4.69, 9.17) is 4.74 Å². The number of hydrogen-bond acceptors (Lipinski definition) is 5. The van der Waals surface area contributed by atoms with E-state index in [1.54, 1.807) is 6.92 Å². The van der Waals surface area contributed by atoms with Crippen LogP contribution in [0, 0.1) is 23.0 Å². The van der Waals surface area contributed by atoms with Crippen LogP contribution in [0.5, 0.6) is 5.75 Å². The van der Waals surface area contributed by atoms with Crippen LogP contribution in [0.25, 0.3) is 0 Å². The molecular weight excluding hydrogens is 364 g/mol. The molecule has 0 spiro atoms. The summed E-state index contributed by atoms with van der Waals surface area (Å²) in [6.07, 6.45) is 0. The van der Waals surface area contributed by atoms with Gasteiger partial charge in [-0.2, -0.15) is 0 Å². The zero-order chi connectivity index (χ0) is 20.4. The third kappa shape index (κ3) is 3.53. The molecule has 2 unspecified atom stereocenters. The molecule has 1 N–H and O–H groups in total. The zero-order valence-electron chi connectivity index (χ0n) is 15.5. The highest BCUT2D eigenvalue weighted by Crippen LogP contribution is 2.35. The maximum absolute atomic E-state index is 13.0. The average molecular weight is 384 g/mol. The number of carbonyl (C=O) groups is 2. The average Bonchev–Trinajstić information content (AvgIpc) is 3.14. The Morgan fingerprint density at radius 2 is 1.89 bits per heavy atom. The molecule has 0 aliphatic carbocycles. The van der Waals surface area contributed by atoms with Gasteiger partial charge in [0.15, 0.2) is 0 Å². The number of likely N-dealkylation sites (tertiary alicyclic amines) is 1. The second-order valence-corrected chi connectivity index (χ2v) is 6.75. The van der Waals surface area contributed by atoms with E-state index in [0.717, 1.165) is 5.56 Å². The lowest BCUT2D eigenvalue weighted by molar-refractivity contribution is -0.385. The molecule has 1 fully saturated rings. The number of nitro benzene ring substituents is 1. The number of hydrogen-bond donors (Lipinski definition) is 1. The topological polar surface area (TPSA) is 110 Å². The van der Waals surface area contributed by atoms with Crippen molar-refractivity contribution in [1.82, 2.24) is 4.90 Å². The summed E-state index contributed by atoms with van der Waals surface area (Å²) < 4.78 is 5.17. The fourth-order valence-electron chi connectivity index (χ4n) is 3.64. The molecule has 3 rings (SSSR count). The van der Waals surface area contributed by atoms with Crippen molar-refractivity contribution in [3.8, 4) is 5.75 Å². The predicted molar refractivity (Wildman–Crippen MR) is 101 cm³/mol. The minimum absolute atomic E-state index is 0.0394. The number of aliphatic carboxylic acids is 1. The fourth-order valence-corrected chi connectivity index (χ4v) is 3.64. The Balaban J connectivity index is 1.94.